The van der Waals surface area contributed by atoms with E-state index in [0.29, 0.717) is 16.4 Å². The maximum Gasteiger partial charge on any atom is 0.315 e. The Kier molecular flexibility index (Phi) is 4.91. The molecule has 2 heterocycles. The monoisotopic (exact) mass is 358 g/mol. The maximum absolute atomic E-state index is 12.1. The SMILES string of the molecule is CC(=O)c1cccc(NC(=O)C(=O)Nc2nc3c(s2)CN(C)CC3)c1. The standard InChI is InChI=1S/C17H18N4O3S/c1-10(22)11-4-3-5-12(8-11)18-15(23)16(24)20-17-19-13-6-7-21(2)9-14(13)25-17/h3-5,8H,6-7,9H2,1-2H3,(H,18,23)(H,19,20,24). The molecule has 25 heavy (non-hydrogen) atoms. The minimum absolute atomic E-state index is 0.112. The number of hydrogen-bond donors (Lipinski definition) is 2. The number of Topliss-reactive ketones (excluding diaryl/α,β-unsaturated/α-hetero) is 1. The molecular formula is C17H18N4O3S. The molecule has 0 aliphatic carbocycles. The van der Waals surface area contributed by atoms with Crippen LogP contribution in [-0.4, -0.2) is 41.1 Å². The normalized spacial score (nSPS) is 13.8. The van der Waals surface area contributed by atoms with Crippen LogP contribution >= 0.6 is 11.3 Å². The van der Waals surface area contributed by atoms with Gasteiger partial charge in [0.1, 0.15) is 0 Å². The molecule has 7 nitrogen and oxygen atoms in total. The number of hydrogen-bond acceptors (Lipinski definition) is 6. The van der Waals surface area contributed by atoms with Gasteiger partial charge in [-0.1, -0.05) is 12.1 Å². The molecule has 2 aromatic rings. The van der Waals surface area contributed by atoms with Crippen LogP contribution in [-0.2, 0) is 22.6 Å². The molecule has 3 rings (SSSR count). The fraction of sp³-hybridized carbons (Fsp3) is 0.294. The highest BCUT2D eigenvalue weighted by atomic mass is 32.1. The summed E-state index contributed by atoms with van der Waals surface area (Å²) in [5.74, 6) is -1.70. The van der Waals surface area contributed by atoms with Crippen LogP contribution in [0.1, 0.15) is 27.9 Å². The van der Waals surface area contributed by atoms with Gasteiger partial charge in [0.15, 0.2) is 10.9 Å². The second kappa shape index (κ2) is 7.12. The molecule has 0 bridgehead atoms. The number of thiazole rings is 1. The van der Waals surface area contributed by atoms with Gasteiger partial charge in [0.05, 0.1) is 5.69 Å². The van der Waals surface area contributed by atoms with Gasteiger partial charge in [0.2, 0.25) is 0 Å². The number of nitrogens with zero attached hydrogens (tertiary/aromatic N) is 2. The van der Waals surface area contributed by atoms with Crippen molar-refractivity contribution in [3.8, 4) is 0 Å². The smallest absolute Gasteiger partial charge is 0.315 e. The van der Waals surface area contributed by atoms with E-state index in [1.165, 1.54) is 24.3 Å². The van der Waals surface area contributed by atoms with Crippen LogP contribution in [0.2, 0.25) is 0 Å². The number of aromatic nitrogens is 1. The number of likely N-dealkylation sites (N-methyl/N-ethyl adjacent to an activating group) is 1. The number of ketones is 1. The van der Waals surface area contributed by atoms with Crippen molar-refractivity contribution >= 4 is 39.8 Å². The lowest BCUT2D eigenvalue weighted by Gasteiger charge is -2.20. The number of amides is 2. The van der Waals surface area contributed by atoms with Crippen molar-refractivity contribution in [1.82, 2.24) is 9.88 Å². The Morgan fingerprint density at radius 2 is 1.96 bits per heavy atom. The lowest BCUT2D eigenvalue weighted by Crippen LogP contribution is -2.29. The number of fused-ring (bicyclic) bond motifs is 1. The molecule has 130 valence electrons. The van der Waals surface area contributed by atoms with Gasteiger partial charge < -0.3 is 10.2 Å². The number of anilines is 2. The first kappa shape index (κ1) is 17.2. The molecule has 1 aromatic carbocycles. The molecule has 0 spiro atoms. The molecule has 0 saturated carbocycles. The summed E-state index contributed by atoms with van der Waals surface area (Å²) >= 11 is 1.39. The van der Waals surface area contributed by atoms with Gasteiger partial charge in [0.25, 0.3) is 0 Å². The first-order chi connectivity index (χ1) is 11.9. The lowest BCUT2D eigenvalue weighted by molar-refractivity contribution is -0.132. The highest BCUT2D eigenvalue weighted by Crippen LogP contribution is 2.27. The van der Waals surface area contributed by atoms with Gasteiger partial charge in [-0.05, 0) is 26.1 Å². The first-order valence-corrected chi connectivity index (χ1v) is 8.64. The predicted molar refractivity (Wildman–Crippen MR) is 95.9 cm³/mol. The van der Waals surface area contributed by atoms with Crippen LogP contribution in [0.3, 0.4) is 0 Å². The van der Waals surface area contributed by atoms with Crippen molar-refractivity contribution in [1.29, 1.82) is 0 Å². The van der Waals surface area contributed by atoms with E-state index in [4.69, 9.17) is 0 Å². The second-order valence-electron chi connectivity index (χ2n) is 5.92. The number of rotatable bonds is 3. The molecular weight excluding hydrogens is 340 g/mol. The van der Waals surface area contributed by atoms with Crippen molar-refractivity contribution in [3.05, 3.63) is 40.4 Å². The van der Waals surface area contributed by atoms with Gasteiger partial charge >= 0.3 is 11.8 Å². The van der Waals surface area contributed by atoms with Crippen molar-refractivity contribution in [2.45, 2.75) is 19.9 Å². The molecule has 1 aliphatic heterocycles. The van der Waals surface area contributed by atoms with Crippen LogP contribution in [0.4, 0.5) is 10.8 Å². The zero-order chi connectivity index (χ0) is 18.0. The maximum atomic E-state index is 12.1. The molecule has 0 saturated heterocycles. The Bertz CT molecular complexity index is 846. The Morgan fingerprint density at radius 3 is 2.72 bits per heavy atom. The molecule has 0 fully saturated rings. The highest BCUT2D eigenvalue weighted by Gasteiger charge is 2.21. The third-order valence-electron chi connectivity index (χ3n) is 3.88. The lowest BCUT2D eigenvalue weighted by atomic mass is 10.1. The second-order valence-corrected chi connectivity index (χ2v) is 7.01. The van der Waals surface area contributed by atoms with Crippen molar-refractivity contribution in [2.75, 3.05) is 24.2 Å². The highest BCUT2D eigenvalue weighted by molar-refractivity contribution is 7.16. The summed E-state index contributed by atoms with van der Waals surface area (Å²) in [5, 5.41) is 5.46. The van der Waals surface area contributed by atoms with E-state index in [2.05, 4.69) is 20.5 Å². The Morgan fingerprint density at radius 1 is 1.20 bits per heavy atom. The van der Waals surface area contributed by atoms with E-state index in [1.807, 2.05) is 7.05 Å². The number of nitrogens with one attached hydrogen (secondary N) is 2. The number of carbonyl (C=O) groups is 3. The summed E-state index contributed by atoms with van der Waals surface area (Å²) in [6.07, 6.45) is 0.836. The summed E-state index contributed by atoms with van der Waals surface area (Å²) < 4.78 is 0. The topological polar surface area (TPSA) is 91.4 Å². The number of carbonyl (C=O) groups excluding carboxylic acids is 3. The quantitative estimate of drug-likeness (QED) is 0.646. The van der Waals surface area contributed by atoms with E-state index in [0.717, 1.165) is 30.1 Å². The fourth-order valence-corrected chi connectivity index (χ4v) is 3.62. The van der Waals surface area contributed by atoms with Crippen molar-refractivity contribution < 1.29 is 14.4 Å². The van der Waals surface area contributed by atoms with Crippen LogP contribution in [0.5, 0.6) is 0 Å². The number of benzene rings is 1. The summed E-state index contributed by atoms with van der Waals surface area (Å²) in [6, 6.07) is 6.45. The average molecular weight is 358 g/mol. The van der Waals surface area contributed by atoms with Crippen LogP contribution in [0.25, 0.3) is 0 Å². The van der Waals surface area contributed by atoms with E-state index < -0.39 is 11.8 Å². The third kappa shape index (κ3) is 4.09. The Hall–Kier alpha value is -2.58. The molecule has 2 amide bonds. The molecule has 0 radical (unpaired) electrons. The summed E-state index contributed by atoms with van der Waals surface area (Å²) in [4.78, 5) is 43.2. The molecule has 1 aromatic heterocycles. The fourth-order valence-electron chi connectivity index (χ4n) is 2.53. The van der Waals surface area contributed by atoms with Crippen molar-refractivity contribution in [2.24, 2.45) is 0 Å². The zero-order valence-corrected chi connectivity index (χ0v) is 14.8. The van der Waals surface area contributed by atoms with Crippen LogP contribution in [0, 0.1) is 0 Å². The average Bonchev–Trinajstić information content (AvgIpc) is 2.96. The molecule has 8 heteroatoms. The van der Waals surface area contributed by atoms with Crippen LogP contribution in [0.15, 0.2) is 24.3 Å². The van der Waals surface area contributed by atoms with Crippen molar-refractivity contribution in [3.63, 3.8) is 0 Å². The van der Waals surface area contributed by atoms with Gasteiger partial charge in [0, 0.05) is 35.6 Å². The third-order valence-corrected chi connectivity index (χ3v) is 4.87. The first-order valence-electron chi connectivity index (χ1n) is 7.83. The van der Waals surface area contributed by atoms with Gasteiger partial charge in [-0.3, -0.25) is 19.7 Å². The summed E-state index contributed by atoms with van der Waals surface area (Å²) in [5.41, 5.74) is 1.84. The zero-order valence-electron chi connectivity index (χ0n) is 14.0. The molecule has 0 atom stereocenters. The Balaban J connectivity index is 1.64. The van der Waals surface area contributed by atoms with E-state index in [9.17, 15) is 14.4 Å². The minimum Gasteiger partial charge on any atom is -0.318 e. The molecule has 2 N–H and O–H groups in total. The van der Waals surface area contributed by atoms with E-state index in [-0.39, 0.29) is 5.78 Å². The van der Waals surface area contributed by atoms with E-state index in [1.54, 1.807) is 18.2 Å². The molecule has 1 aliphatic rings. The van der Waals surface area contributed by atoms with E-state index >= 15 is 0 Å². The summed E-state index contributed by atoms with van der Waals surface area (Å²) in [7, 11) is 2.03. The summed E-state index contributed by atoms with van der Waals surface area (Å²) in [6.45, 7) is 3.17. The Labute approximate surface area is 149 Å². The van der Waals surface area contributed by atoms with Gasteiger partial charge in [-0.15, -0.1) is 11.3 Å². The minimum atomic E-state index is -0.800. The van der Waals surface area contributed by atoms with Gasteiger partial charge in [-0.25, -0.2) is 4.98 Å². The van der Waals surface area contributed by atoms with Gasteiger partial charge in [-0.2, -0.15) is 0 Å². The largest absolute Gasteiger partial charge is 0.318 e. The van der Waals surface area contributed by atoms with Crippen LogP contribution < -0.4 is 10.6 Å². The predicted octanol–water partition coefficient (Wildman–Crippen LogP) is 1.91. The molecule has 0 unspecified atom stereocenters.